The Kier molecular flexibility index (Phi) is 4.31. The summed E-state index contributed by atoms with van der Waals surface area (Å²) in [6.45, 7) is 10.6. The Morgan fingerprint density at radius 1 is 1.23 bits per heavy atom. The molecule has 4 nitrogen and oxygen atoms in total. The summed E-state index contributed by atoms with van der Waals surface area (Å²) in [7, 11) is 0. The number of nitrogens with one attached hydrogen (secondary N) is 2. The highest BCUT2D eigenvalue weighted by molar-refractivity contribution is 5.78. The van der Waals surface area contributed by atoms with E-state index in [1.807, 2.05) is 6.92 Å². The van der Waals surface area contributed by atoms with E-state index in [1.165, 1.54) is 24.3 Å². The summed E-state index contributed by atoms with van der Waals surface area (Å²) in [6.07, 6.45) is -3.87. The smallest absolute Gasteiger partial charge is 0.351 e. The lowest BCUT2D eigenvalue weighted by Gasteiger charge is -2.42. The number of anilines is 2. The maximum absolute atomic E-state index is 14.6. The van der Waals surface area contributed by atoms with Crippen LogP contribution in [-0.2, 0) is 5.41 Å². The summed E-state index contributed by atoms with van der Waals surface area (Å²) < 4.78 is 43.7. The number of halogens is 3. The van der Waals surface area contributed by atoms with Gasteiger partial charge in [0.05, 0.1) is 6.57 Å². The molecule has 1 atom stereocenters. The highest BCUT2D eigenvalue weighted by Crippen LogP contribution is 2.56. The average Bonchev–Trinajstić information content (AvgIpc) is 2.58. The number of rotatable bonds is 3. The van der Waals surface area contributed by atoms with Crippen molar-refractivity contribution in [1.82, 2.24) is 4.98 Å². The van der Waals surface area contributed by atoms with E-state index in [4.69, 9.17) is 6.57 Å². The normalized spacial score (nSPS) is 18.5. The van der Waals surface area contributed by atoms with Gasteiger partial charge < -0.3 is 10.3 Å². The number of aryl methyl sites for hydroxylation is 1. The average molecular weight is 361 g/mol. The van der Waals surface area contributed by atoms with Crippen molar-refractivity contribution in [2.24, 2.45) is 0 Å². The molecule has 1 unspecified atom stereocenters. The minimum absolute atomic E-state index is 0.00412. The number of H-pyrrole nitrogens is 1. The first kappa shape index (κ1) is 18.1. The number of hydrogen-bond acceptors (Lipinski definition) is 2. The topological polar surface area (TPSA) is 49.2 Å². The third-order valence-corrected chi connectivity index (χ3v) is 4.87. The molecular weight excluding hydrogens is 343 g/mol. The van der Waals surface area contributed by atoms with E-state index < -0.39 is 17.2 Å². The van der Waals surface area contributed by atoms with Crippen LogP contribution in [0.4, 0.5) is 30.2 Å². The van der Waals surface area contributed by atoms with Crippen LogP contribution in [0.3, 0.4) is 0 Å². The minimum Gasteiger partial charge on any atom is -0.351 e. The van der Waals surface area contributed by atoms with Crippen LogP contribution in [-0.4, -0.2) is 11.2 Å². The van der Waals surface area contributed by atoms with Crippen molar-refractivity contribution >= 4 is 17.1 Å². The molecule has 3 rings (SSSR count). The van der Waals surface area contributed by atoms with Crippen LogP contribution in [0.15, 0.2) is 29.1 Å². The fourth-order valence-corrected chi connectivity index (χ4v) is 3.65. The van der Waals surface area contributed by atoms with Crippen LogP contribution in [0, 0.1) is 13.5 Å². The van der Waals surface area contributed by atoms with Crippen molar-refractivity contribution in [2.45, 2.75) is 44.7 Å². The second-order valence-electron chi connectivity index (χ2n) is 6.54. The Hall–Kier alpha value is -2.75. The number of nitrogens with zero attached hydrogens (tertiary/aromatic N) is 1. The van der Waals surface area contributed by atoms with Crippen molar-refractivity contribution in [3.8, 4) is 0 Å². The summed E-state index contributed by atoms with van der Waals surface area (Å²) in [5, 5.41) is 2.84. The molecule has 1 aliphatic heterocycles. The number of fused-ring (bicyclic) bond motifs is 2. The molecule has 0 saturated heterocycles. The van der Waals surface area contributed by atoms with Gasteiger partial charge in [-0.15, -0.1) is 0 Å². The SMILES string of the molecule is [C-]#[N+]c1ccc2c(c1)C(CCCC)(C(F)(F)F)c1cc(C)[nH]c(=O)c1N2. The second kappa shape index (κ2) is 6.20. The van der Waals surface area contributed by atoms with Gasteiger partial charge in [0.2, 0.25) is 0 Å². The van der Waals surface area contributed by atoms with Crippen molar-refractivity contribution < 1.29 is 13.2 Å². The first-order valence-electron chi connectivity index (χ1n) is 8.34. The third-order valence-electron chi connectivity index (χ3n) is 4.87. The molecular formula is C19H18F3N3O. The van der Waals surface area contributed by atoms with Gasteiger partial charge in [-0.1, -0.05) is 31.9 Å². The predicted molar refractivity (Wildman–Crippen MR) is 94.1 cm³/mol. The first-order chi connectivity index (χ1) is 12.2. The van der Waals surface area contributed by atoms with E-state index in [0.29, 0.717) is 18.5 Å². The van der Waals surface area contributed by atoms with E-state index in [9.17, 15) is 18.0 Å². The lowest BCUT2D eigenvalue weighted by Crippen LogP contribution is -2.47. The maximum Gasteiger partial charge on any atom is 0.402 e. The summed E-state index contributed by atoms with van der Waals surface area (Å²) >= 11 is 0. The van der Waals surface area contributed by atoms with E-state index in [-0.39, 0.29) is 34.6 Å². The molecule has 1 aromatic carbocycles. The third kappa shape index (κ3) is 2.57. The second-order valence-corrected chi connectivity index (χ2v) is 6.54. The van der Waals surface area contributed by atoms with Gasteiger partial charge in [-0.2, -0.15) is 13.2 Å². The molecule has 136 valence electrons. The zero-order valence-electron chi connectivity index (χ0n) is 14.4. The van der Waals surface area contributed by atoms with Gasteiger partial charge in [0.25, 0.3) is 5.56 Å². The van der Waals surface area contributed by atoms with E-state index in [0.717, 1.165) is 0 Å². The molecule has 2 heterocycles. The quantitative estimate of drug-likeness (QED) is 0.726. The predicted octanol–water partition coefficient (Wildman–Crippen LogP) is 5.33. The highest BCUT2D eigenvalue weighted by Gasteiger charge is 2.59. The van der Waals surface area contributed by atoms with E-state index in [2.05, 4.69) is 15.1 Å². The molecule has 0 fully saturated rings. The number of aromatic nitrogens is 1. The van der Waals surface area contributed by atoms with Crippen LogP contribution in [0.2, 0.25) is 0 Å². The molecule has 0 spiro atoms. The molecule has 1 aliphatic rings. The Morgan fingerprint density at radius 3 is 2.58 bits per heavy atom. The Balaban J connectivity index is 2.44. The van der Waals surface area contributed by atoms with Gasteiger partial charge in [0.1, 0.15) is 11.1 Å². The molecule has 1 aromatic heterocycles. The highest BCUT2D eigenvalue weighted by atomic mass is 19.4. The van der Waals surface area contributed by atoms with Crippen LogP contribution in [0.5, 0.6) is 0 Å². The van der Waals surface area contributed by atoms with Gasteiger partial charge in [0, 0.05) is 16.9 Å². The molecule has 0 aliphatic carbocycles. The molecule has 0 bridgehead atoms. The lowest BCUT2D eigenvalue weighted by molar-refractivity contribution is -0.180. The van der Waals surface area contributed by atoms with Crippen LogP contribution in [0.25, 0.3) is 4.85 Å². The van der Waals surface area contributed by atoms with Crippen molar-refractivity contribution in [1.29, 1.82) is 0 Å². The zero-order valence-corrected chi connectivity index (χ0v) is 14.4. The van der Waals surface area contributed by atoms with Gasteiger partial charge >= 0.3 is 6.18 Å². The van der Waals surface area contributed by atoms with Crippen molar-refractivity contribution in [3.05, 3.63) is 62.9 Å². The number of aromatic amines is 1. The number of benzene rings is 1. The summed E-state index contributed by atoms with van der Waals surface area (Å²) in [5.74, 6) is 0. The van der Waals surface area contributed by atoms with Gasteiger partial charge in [0.15, 0.2) is 5.69 Å². The Labute approximate surface area is 148 Å². The largest absolute Gasteiger partial charge is 0.402 e. The number of pyridine rings is 1. The number of hydrogen-bond donors (Lipinski definition) is 2. The van der Waals surface area contributed by atoms with E-state index in [1.54, 1.807) is 6.92 Å². The Morgan fingerprint density at radius 2 is 1.96 bits per heavy atom. The van der Waals surface area contributed by atoms with Gasteiger partial charge in [-0.3, -0.25) is 4.79 Å². The fraction of sp³-hybridized carbons (Fsp3) is 0.368. The lowest BCUT2D eigenvalue weighted by atomic mass is 9.67. The molecule has 2 N–H and O–H groups in total. The van der Waals surface area contributed by atoms with Crippen LogP contribution in [0.1, 0.15) is 43.0 Å². The number of unbranched alkanes of at least 4 members (excludes halogenated alkanes) is 1. The van der Waals surface area contributed by atoms with E-state index >= 15 is 0 Å². The maximum atomic E-state index is 14.6. The Bertz CT molecular complexity index is 956. The molecule has 7 heteroatoms. The summed E-state index contributed by atoms with van der Waals surface area (Å²) in [6, 6.07) is 5.57. The van der Waals surface area contributed by atoms with Crippen molar-refractivity contribution in [2.75, 3.05) is 5.32 Å². The van der Waals surface area contributed by atoms with Gasteiger partial charge in [-0.05, 0) is 31.0 Å². The standard InChI is InChI=1S/C19H18F3N3O/c1-4-5-8-18(19(20,21)22)13-10-12(23-3)6-7-15(13)25-16-14(18)9-11(2)24-17(16)26/h6-7,9-10,25H,4-5,8H2,1-2H3,(H,24,26). The van der Waals surface area contributed by atoms with Crippen molar-refractivity contribution in [3.63, 3.8) is 0 Å². The first-order valence-corrected chi connectivity index (χ1v) is 8.34. The number of alkyl halides is 3. The minimum atomic E-state index is -4.62. The molecule has 0 amide bonds. The zero-order chi connectivity index (χ0) is 19.1. The molecule has 26 heavy (non-hydrogen) atoms. The fourth-order valence-electron chi connectivity index (χ4n) is 3.65. The monoisotopic (exact) mass is 361 g/mol. The summed E-state index contributed by atoms with van der Waals surface area (Å²) in [5.41, 5.74) is -2.33. The molecule has 0 radical (unpaired) electrons. The molecule has 2 aromatic rings. The van der Waals surface area contributed by atoms with Crippen LogP contribution < -0.4 is 10.9 Å². The molecule has 0 saturated carbocycles. The summed E-state index contributed by atoms with van der Waals surface area (Å²) in [4.78, 5) is 18.2. The van der Waals surface area contributed by atoms with Gasteiger partial charge in [-0.25, -0.2) is 4.85 Å². The van der Waals surface area contributed by atoms with Crippen LogP contribution >= 0.6 is 0 Å².